The standard InChI is InChI=1S/C24H24F3N5O2S/c1-14(15-6-5-7-16(19(15)25)20(26)27)31-21-17-12-18(23(33)32(3)22(17)30-13-29-21)24(28-2)8-10-35(4,34)11-9-24/h5-7,12-14,20H,4,8-11H2,1,3H3,(H,29,30,31)/t14-,24?,35?/m1/s1. The number of nitrogens with one attached hydrogen (secondary N) is 1. The van der Waals surface area contributed by atoms with Gasteiger partial charge in [0.25, 0.3) is 17.5 Å². The van der Waals surface area contributed by atoms with E-state index in [0.29, 0.717) is 11.0 Å². The van der Waals surface area contributed by atoms with Crippen molar-refractivity contribution in [1.82, 2.24) is 14.5 Å². The highest BCUT2D eigenvalue weighted by atomic mass is 32.2. The zero-order chi connectivity index (χ0) is 25.5. The molecule has 1 saturated heterocycles. The van der Waals surface area contributed by atoms with E-state index in [1.54, 1.807) is 13.0 Å². The van der Waals surface area contributed by atoms with Crippen LogP contribution in [0, 0.1) is 12.4 Å². The maximum Gasteiger partial charge on any atom is 0.266 e. The summed E-state index contributed by atoms with van der Waals surface area (Å²) in [6.07, 6.45) is -1.24. The normalized spacial score (nSPS) is 23.2. The second-order valence-electron chi connectivity index (χ2n) is 8.82. The molecule has 11 heteroatoms. The van der Waals surface area contributed by atoms with Crippen LogP contribution in [-0.2, 0) is 22.1 Å². The molecule has 2 aromatic heterocycles. The maximum atomic E-state index is 14.7. The Bertz CT molecular complexity index is 1500. The summed E-state index contributed by atoms with van der Waals surface area (Å²) < 4.78 is 54.8. The van der Waals surface area contributed by atoms with Gasteiger partial charge in [-0.1, -0.05) is 18.2 Å². The molecule has 1 fully saturated rings. The Hall–Kier alpha value is -3.39. The fourth-order valence-corrected chi connectivity index (χ4v) is 6.07. The second kappa shape index (κ2) is 9.00. The largest absolute Gasteiger partial charge is 0.363 e. The Labute approximate surface area is 200 Å². The van der Waals surface area contributed by atoms with Crippen molar-refractivity contribution in [2.75, 3.05) is 16.8 Å². The highest BCUT2D eigenvalue weighted by Crippen LogP contribution is 2.38. The Morgan fingerprint density at radius 3 is 2.54 bits per heavy atom. The molecule has 0 radical (unpaired) electrons. The molecular weight excluding hydrogens is 479 g/mol. The van der Waals surface area contributed by atoms with E-state index in [0.717, 1.165) is 6.07 Å². The molecule has 1 N–H and O–H groups in total. The summed E-state index contributed by atoms with van der Waals surface area (Å²) in [7, 11) is -0.751. The number of rotatable bonds is 5. The van der Waals surface area contributed by atoms with E-state index in [1.165, 1.54) is 30.1 Å². The van der Waals surface area contributed by atoms with Gasteiger partial charge in [-0.15, -0.1) is 0 Å². The number of alkyl halides is 2. The van der Waals surface area contributed by atoms with Gasteiger partial charge in [0, 0.05) is 37.0 Å². The molecular formula is C24H24F3N5O2S. The van der Waals surface area contributed by atoms with E-state index >= 15 is 0 Å². The molecule has 1 atom stereocenters. The van der Waals surface area contributed by atoms with E-state index in [4.69, 9.17) is 6.57 Å². The molecule has 0 spiro atoms. The van der Waals surface area contributed by atoms with Crippen LogP contribution in [-0.4, -0.2) is 36.1 Å². The molecule has 0 saturated carbocycles. The van der Waals surface area contributed by atoms with E-state index in [-0.39, 0.29) is 46.9 Å². The van der Waals surface area contributed by atoms with Crippen molar-refractivity contribution in [2.45, 2.75) is 37.8 Å². The van der Waals surface area contributed by atoms with Crippen molar-refractivity contribution in [2.24, 2.45) is 7.05 Å². The van der Waals surface area contributed by atoms with Crippen LogP contribution in [0.15, 0.2) is 35.4 Å². The van der Waals surface area contributed by atoms with Crippen LogP contribution in [0.1, 0.15) is 48.9 Å². The zero-order valence-electron chi connectivity index (χ0n) is 19.2. The maximum absolute atomic E-state index is 14.7. The fraction of sp³-hybridized carbons (Fsp3) is 0.375. The Balaban J connectivity index is 1.82. The SMILES string of the molecule is [C-]#[N+]C1(c2cc3c(N[C@H](C)c4cccc(C(F)F)c4F)ncnc3n(C)c2=O)CCS(=C)(=O)CC1. The van der Waals surface area contributed by atoms with Crippen molar-refractivity contribution >= 4 is 32.2 Å². The smallest absolute Gasteiger partial charge is 0.266 e. The van der Waals surface area contributed by atoms with Gasteiger partial charge in [-0.2, -0.15) is 0 Å². The van der Waals surface area contributed by atoms with Gasteiger partial charge < -0.3 is 10.2 Å². The van der Waals surface area contributed by atoms with Crippen molar-refractivity contribution < 1.29 is 17.4 Å². The zero-order valence-corrected chi connectivity index (χ0v) is 20.0. The predicted molar refractivity (Wildman–Crippen MR) is 131 cm³/mol. The number of anilines is 1. The Morgan fingerprint density at radius 1 is 1.26 bits per heavy atom. The van der Waals surface area contributed by atoms with Crippen molar-refractivity contribution in [3.8, 4) is 0 Å². The molecule has 0 amide bonds. The van der Waals surface area contributed by atoms with Gasteiger partial charge in [-0.3, -0.25) is 13.6 Å². The summed E-state index contributed by atoms with van der Waals surface area (Å²) in [4.78, 5) is 25.5. The average Bonchev–Trinajstić information content (AvgIpc) is 2.82. The highest BCUT2D eigenvalue weighted by molar-refractivity contribution is 8.00. The molecule has 1 aliphatic heterocycles. The summed E-state index contributed by atoms with van der Waals surface area (Å²) in [5.41, 5.74) is -1.66. The lowest BCUT2D eigenvalue weighted by atomic mass is 9.85. The summed E-state index contributed by atoms with van der Waals surface area (Å²) in [5, 5.41) is 3.47. The third-order valence-corrected chi connectivity index (χ3v) is 8.50. The first-order chi connectivity index (χ1) is 16.5. The molecule has 3 heterocycles. The molecule has 35 heavy (non-hydrogen) atoms. The number of aryl methyl sites for hydroxylation is 1. The number of hydrogen-bond acceptors (Lipinski definition) is 5. The summed E-state index contributed by atoms with van der Waals surface area (Å²) in [5.74, 6) is 3.49. The van der Waals surface area contributed by atoms with E-state index in [1.807, 2.05) is 0 Å². The van der Waals surface area contributed by atoms with Crippen LogP contribution in [0.2, 0.25) is 0 Å². The van der Waals surface area contributed by atoms with Gasteiger partial charge in [0.15, 0.2) is 0 Å². The van der Waals surface area contributed by atoms with E-state index in [2.05, 4.69) is 26.0 Å². The Kier molecular flexibility index (Phi) is 6.36. The molecule has 0 aliphatic carbocycles. The van der Waals surface area contributed by atoms with E-state index in [9.17, 15) is 22.2 Å². The van der Waals surface area contributed by atoms with Crippen LogP contribution in [0.5, 0.6) is 0 Å². The van der Waals surface area contributed by atoms with Crippen LogP contribution in [0.3, 0.4) is 0 Å². The molecule has 1 aromatic carbocycles. The van der Waals surface area contributed by atoms with Gasteiger partial charge in [0.1, 0.15) is 29.2 Å². The van der Waals surface area contributed by atoms with Gasteiger partial charge in [-0.05, 0) is 28.4 Å². The average molecular weight is 504 g/mol. The molecule has 0 unspecified atom stereocenters. The first-order valence-electron chi connectivity index (χ1n) is 10.9. The fourth-order valence-electron chi connectivity index (χ4n) is 4.45. The number of nitrogens with zero attached hydrogens (tertiary/aromatic N) is 4. The minimum Gasteiger partial charge on any atom is -0.363 e. The third kappa shape index (κ3) is 4.38. The quantitative estimate of drug-likeness (QED) is 0.417. The van der Waals surface area contributed by atoms with Crippen LogP contribution in [0.25, 0.3) is 15.9 Å². The first kappa shape index (κ1) is 24.7. The predicted octanol–water partition coefficient (Wildman–Crippen LogP) is 4.20. The minimum atomic E-state index is -2.95. The van der Waals surface area contributed by atoms with Crippen molar-refractivity contribution in [3.63, 3.8) is 0 Å². The van der Waals surface area contributed by atoms with Gasteiger partial charge in [-0.25, -0.2) is 29.7 Å². The lowest BCUT2D eigenvalue weighted by Gasteiger charge is -2.28. The molecule has 3 aromatic rings. The van der Waals surface area contributed by atoms with Crippen molar-refractivity contribution in [3.05, 3.63) is 74.9 Å². The van der Waals surface area contributed by atoms with Gasteiger partial charge in [0.05, 0.1) is 17.0 Å². The first-order valence-corrected chi connectivity index (χ1v) is 13.0. The monoisotopic (exact) mass is 503 g/mol. The number of fused-ring (bicyclic) bond motifs is 1. The summed E-state index contributed by atoms with van der Waals surface area (Å²) in [6, 6.07) is 4.63. The van der Waals surface area contributed by atoms with Crippen LogP contribution in [0.4, 0.5) is 19.0 Å². The number of hydrogen-bond donors (Lipinski definition) is 1. The van der Waals surface area contributed by atoms with Gasteiger partial charge in [0.2, 0.25) is 0 Å². The van der Waals surface area contributed by atoms with Gasteiger partial charge >= 0.3 is 0 Å². The molecule has 1 aliphatic rings. The second-order valence-corrected chi connectivity index (χ2v) is 11.6. The lowest BCUT2D eigenvalue weighted by molar-refractivity contribution is 0.146. The molecule has 0 bridgehead atoms. The third-order valence-electron chi connectivity index (χ3n) is 6.61. The Morgan fingerprint density at radius 2 is 1.91 bits per heavy atom. The number of pyridine rings is 1. The summed E-state index contributed by atoms with van der Waals surface area (Å²) >= 11 is 0. The molecule has 184 valence electrons. The van der Waals surface area contributed by atoms with Crippen molar-refractivity contribution in [1.29, 1.82) is 0 Å². The summed E-state index contributed by atoms with van der Waals surface area (Å²) in [6.45, 7) is 9.47. The number of benzene rings is 1. The highest BCUT2D eigenvalue weighted by Gasteiger charge is 2.45. The van der Waals surface area contributed by atoms with Crippen LogP contribution < -0.4 is 10.9 Å². The minimum absolute atomic E-state index is 0.0368. The molecule has 7 nitrogen and oxygen atoms in total. The number of aromatic nitrogens is 3. The molecule has 4 rings (SSSR count). The lowest BCUT2D eigenvalue weighted by Crippen LogP contribution is -2.40. The van der Waals surface area contributed by atoms with E-state index < -0.39 is 38.9 Å². The number of halogens is 3. The topological polar surface area (TPSA) is 81.2 Å². The van der Waals surface area contributed by atoms with Crippen LogP contribution >= 0.6 is 0 Å².